The largest absolute Gasteiger partial charge is 0.481 e. The Bertz CT molecular complexity index is 695. The van der Waals surface area contributed by atoms with Gasteiger partial charge in [0.25, 0.3) is 0 Å². The highest BCUT2D eigenvalue weighted by molar-refractivity contribution is 6.30. The molecular formula is C19H14ClO. The van der Waals surface area contributed by atoms with E-state index in [4.69, 9.17) is 16.3 Å². The van der Waals surface area contributed by atoms with Crippen molar-refractivity contribution in [2.24, 2.45) is 0 Å². The minimum atomic E-state index is -0.194. The topological polar surface area (TPSA) is 9.23 Å². The molecule has 0 N–H and O–H groups in total. The third kappa shape index (κ3) is 3.45. The summed E-state index contributed by atoms with van der Waals surface area (Å²) in [5.74, 6) is 0.784. The first kappa shape index (κ1) is 13.7. The average molecular weight is 294 g/mol. The summed E-state index contributed by atoms with van der Waals surface area (Å²) in [5.41, 5.74) is 2.11. The quantitative estimate of drug-likeness (QED) is 0.633. The summed E-state index contributed by atoms with van der Waals surface area (Å²) in [6.07, 6.45) is -0.194. The Hall–Kier alpha value is -2.25. The van der Waals surface area contributed by atoms with Gasteiger partial charge in [-0.3, -0.25) is 0 Å². The highest BCUT2D eigenvalue weighted by Crippen LogP contribution is 2.29. The zero-order valence-electron chi connectivity index (χ0n) is 11.4. The van der Waals surface area contributed by atoms with Crippen LogP contribution in [0.5, 0.6) is 5.75 Å². The van der Waals surface area contributed by atoms with Crippen molar-refractivity contribution in [3.05, 3.63) is 101 Å². The van der Waals surface area contributed by atoms with Gasteiger partial charge < -0.3 is 4.74 Å². The second-order valence-electron chi connectivity index (χ2n) is 4.70. The molecule has 1 unspecified atom stereocenters. The van der Waals surface area contributed by atoms with E-state index in [9.17, 15) is 0 Å². The van der Waals surface area contributed by atoms with E-state index in [0.717, 1.165) is 16.9 Å². The Labute approximate surface area is 129 Å². The van der Waals surface area contributed by atoms with Gasteiger partial charge in [0.2, 0.25) is 0 Å². The molecule has 0 aromatic heterocycles. The molecule has 0 aliphatic rings. The van der Waals surface area contributed by atoms with Gasteiger partial charge in [-0.15, -0.1) is 0 Å². The lowest BCUT2D eigenvalue weighted by Crippen LogP contribution is -2.09. The lowest BCUT2D eigenvalue weighted by Gasteiger charge is -2.20. The normalized spacial score (nSPS) is 11.9. The Balaban J connectivity index is 1.99. The number of rotatable bonds is 4. The summed E-state index contributed by atoms with van der Waals surface area (Å²) in [6.45, 7) is 0. The molecule has 1 nitrogen and oxygen atoms in total. The summed E-state index contributed by atoms with van der Waals surface area (Å²) in [5, 5.41) is 0.705. The molecule has 103 valence electrons. The second kappa shape index (κ2) is 6.47. The molecule has 0 fully saturated rings. The molecule has 0 spiro atoms. The maximum absolute atomic E-state index is 6.15. The summed E-state index contributed by atoms with van der Waals surface area (Å²) < 4.78 is 6.15. The van der Waals surface area contributed by atoms with E-state index in [-0.39, 0.29) is 6.10 Å². The van der Waals surface area contributed by atoms with E-state index in [1.807, 2.05) is 66.7 Å². The van der Waals surface area contributed by atoms with Crippen molar-refractivity contribution in [1.29, 1.82) is 0 Å². The van der Waals surface area contributed by atoms with Crippen LogP contribution in [0.3, 0.4) is 0 Å². The molecule has 3 rings (SSSR count). The summed E-state index contributed by atoms with van der Waals surface area (Å²) >= 11 is 6.12. The highest BCUT2D eigenvalue weighted by Gasteiger charge is 2.16. The first-order valence-electron chi connectivity index (χ1n) is 6.76. The Morgan fingerprint density at radius 3 is 2.38 bits per heavy atom. The van der Waals surface area contributed by atoms with Crippen LogP contribution in [0.15, 0.2) is 78.9 Å². The standard InChI is InChI=1S/C19H14ClO/c20-17-11-7-10-16(14-17)19(15-8-3-1-4-9-15)21-18-12-5-2-6-13-18/h1-5,7-14,19H. The zero-order chi connectivity index (χ0) is 14.5. The molecule has 0 aliphatic carbocycles. The third-order valence-electron chi connectivity index (χ3n) is 3.19. The molecule has 0 heterocycles. The van der Waals surface area contributed by atoms with Crippen molar-refractivity contribution < 1.29 is 4.74 Å². The number of hydrogen-bond acceptors (Lipinski definition) is 1. The molecule has 3 aromatic carbocycles. The summed E-state index contributed by atoms with van der Waals surface area (Å²) in [4.78, 5) is 0. The lowest BCUT2D eigenvalue weighted by atomic mass is 10.0. The van der Waals surface area contributed by atoms with Gasteiger partial charge in [-0.2, -0.15) is 0 Å². The molecule has 2 heteroatoms. The second-order valence-corrected chi connectivity index (χ2v) is 5.14. The third-order valence-corrected chi connectivity index (χ3v) is 3.42. The van der Waals surface area contributed by atoms with Crippen molar-refractivity contribution in [3.8, 4) is 5.75 Å². The predicted molar refractivity (Wildman–Crippen MR) is 85.6 cm³/mol. The molecule has 1 radical (unpaired) electrons. The van der Waals surface area contributed by atoms with Crippen molar-refractivity contribution in [2.45, 2.75) is 6.10 Å². The van der Waals surface area contributed by atoms with Gasteiger partial charge in [-0.05, 0) is 41.5 Å². The van der Waals surface area contributed by atoms with Crippen LogP contribution in [-0.4, -0.2) is 0 Å². The summed E-state index contributed by atoms with van der Waals surface area (Å²) in [6, 6.07) is 28.4. The minimum Gasteiger partial charge on any atom is -0.481 e. The van der Waals surface area contributed by atoms with E-state index in [1.54, 1.807) is 0 Å². The average Bonchev–Trinajstić information content (AvgIpc) is 2.54. The van der Waals surface area contributed by atoms with Gasteiger partial charge in [-0.1, -0.05) is 66.2 Å². The van der Waals surface area contributed by atoms with E-state index in [1.165, 1.54) is 0 Å². The van der Waals surface area contributed by atoms with Crippen LogP contribution < -0.4 is 4.74 Å². The van der Waals surface area contributed by atoms with Crippen LogP contribution in [0.1, 0.15) is 17.2 Å². The molecule has 0 amide bonds. The van der Waals surface area contributed by atoms with Crippen molar-refractivity contribution in [3.63, 3.8) is 0 Å². The number of hydrogen-bond donors (Lipinski definition) is 0. The maximum Gasteiger partial charge on any atom is 0.149 e. The molecule has 0 saturated heterocycles. The molecular weight excluding hydrogens is 280 g/mol. The number of halogens is 1. The molecule has 0 bridgehead atoms. The van der Waals surface area contributed by atoms with Gasteiger partial charge >= 0.3 is 0 Å². The molecule has 21 heavy (non-hydrogen) atoms. The molecule has 1 atom stereocenters. The van der Waals surface area contributed by atoms with E-state index >= 15 is 0 Å². The van der Waals surface area contributed by atoms with Gasteiger partial charge in [0, 0.05) is 5.02 Å². The van der Waals surface area contributed by atoms with Crippen LogP contribution in [0.2, 0.25) is 5.02 Å². The zero-order valence-corrected chi connectivity index (χ0v) is 12.1. The highest BCUT2D eigenvalue weighted by atomic mass is 35.5. The minimum absolute atomic E-state index is 0.194. The van der Waals surface area contributed by atoms with E-state index in [0.29, 0.717) is 5.02 Å². The van der Waals surface area contributed by atoms with Crippen LogP contribution >= 0.6 is 11.6 Å². The fourth-order valence-corrected chi connectivity index (χ4v) is 2.41. The van der Waals surface area contributed by atoms with Crippen LogP contribution in [0, 0.1) is 6.07 Å². The Morgan fingerprint density at radius 2 is 1.67 bits per heavy atom. The fourth-order valence-electron chi connectivity index (χ4n) is 2.21. The van der Waals surface area contributed by atoms with Gasteiger partial charge in [-0.25, -0.2) is 0 Å². The lowest BCUT2D eigenvalue weighted by molar-refractivity contribution is 0.247. The monoisotopic (exact) mass is 293 g/mol. The molecule has 3 aromatic rings. The van der Waals surface area contributed by atoms with Crippen molar-refractivity contribution in [1.82, 2.24) is 0 Å². The number of benzene rings is 3. The Morgan fingerprint density at radius 1 is 0.857 bits per heavy atom. The SMILES string of the molecule is Clc1cccc(C(Oc2c[c]ccc2)c2ccccc2)c1. The maximum atomic E-state index is 6.15. The first-order valence-corrected chi connectivity index (χ1v) is 7.14. The van der Waals surface area contributed by atoms with Gasteiger partial charge in [0.1, 0.15) is 11.9 Å². The van der Waals surface area contributed by atoms with E-state index in [2.05, 4.69) is 18.2 Å². The van der Waals surface area contributed by atoms with E-state index < -0.39 is 0 Å². The predicted octanol–water partition coefficient (Wildman–Crippen LogP) is 5.31. The summed E-state index contributed by atoms with van der Waals surface area (Å²) in [7, 11) is 0. The smallest absolute Gasteiger partial charge is 0.149 e. The van der Waals surface area contributed by atoms with Crippen LogP contribution in [-0.2, 0) is 0 Å². The molecule has 0 aliphatic heterocycles. The van der Waals surface area contributed by atoms with Crippen molar-refractivity contribution in [2.75, 3.05) is 0 Å². The number of ether oxygens (including phenoxy) is 1. The first-order chi connectivity index (χ1) is 10.3. The van der Waals surface area contributed by atoms with Gasteiger partial charge in [0.05, 0.1) is 0 Å². The van der Waals surface area contributed by atoms with Crippen molar-refractivity contribution >= 4 is 11.6 Å². The van der Waals surface area contributed by atoms with Crippen LogP contribution in [0.4, 0.5) is 0 Å². The fraction of sp³-hybridized carbons (Fsp3) is 0.0526. The Kier molecular flexibility index (Phi) is 4.23. The molecule has 0 saturated carbocycles. The van der Waals surface area contributed by atoms with Crippen LogP contribution in [0.25, 0.3) is 0 Å². The van der Waals surface area contributed by atoms with Gasteiger partial charge in [0.15, 0.2) is 0 Å².